The van der Waals surface area contributed by atoms with Crippen LogP contribution < -0.4 is 9.47 Å². The maximum atomic E-state index is 12.1. The maximum Gasteiger partial charge on any atom is 0.363 e. The monoisotopic (exact) mass is 345 g/mol. The van der Waals surface area contributed by atoms with E-state index in [1.807, 2.05) is 12.1 Å². The predicted molar refractivity (Wildman–Crippen MR) is 90.5 cm³/mol. The zero-order valence-corrected chi connectivity index (χ0v) is 13.7. The first-order valence-electron chi connectivity index (χ1n) is 6.73. The van der Waals surface area contributed by atoms with Crippen molar-refractivity contribution in [2.45, 2.75) is 0 Å². The Bertz CT molecular complexity index is 830. The highest BCUT2D eigenvalue weighted by Crippen LogP contribution is 2.26. The van der Waals surface area contributed by atoms with Gasteiger partial charge in [-0.3, -0.25) is 0 Å². The minimum atomic E-state index is -0.500. The van der Waals surface area contributed by atoms with Gasteiger partial charge in [0.05, 0.1) is 7.11 Å². The Morgan fingerprint density at radius 1 is 1.13 bits per heavy atom. The molecule has 0 aliphatic carbocycles. The van der Waals surface area contributed by atoms with E-state index in [-0.39, 0.29) is 5.69 Å². The Labute approximate surface area is 142 Å². The van der Waals surface area contributed by atoms with Crippen LogP contribution in [-0.2, 0) is 0 Å². The van der Waals surface area contributed by atoms with Crippen molar-refractivity contribution in [2.24, 2.45) is 0 Å². The number of ether oxygens (including phenoxy) is 2. The highest BCUT2D eigenvalue weighted by Gasteiger charge is 2.14. The van der Waals surface area contributed by atoms with Gasteiger partial charge in [0, 0.05) is 16.0 Å². The number of thiazole rings is 1. The number of hydrogen-bond donors (Lipinski definition) is 0. The molecule has 0 atom stereocenters. The molecule has 0 saturated heterocycles. The molecule has 0 aliphatic heterocycles. The summed E-state index contributed by atoms with van der Waals surface area (Å²) in [5.41, 5.74) is 1.13. The van der Waals surface area contributed by atoms with Crippen molar-refractivity contribution in [3.8, 4) is 22.1 Å². The van der Waals surface area contributed by atoms with E-state index in [4.69, 9.17) is 21.1 Å². The molecule has 0 bridgehead atoms. The van der Waals surface area contributed by atoms with Crippen LogP contribution in [0.2, 0.25) is 5.02 Å². The van der Waals surface area contributed by atoms with Gasteiger partial charge in [0.25, 0.3) is 0 Å². The Morgan fingerprint density at radius 2 is 1.87 bits per heavy atom. The van der Waals surface area contributed by atoms with Gasteiger partial charge in [-0.1, -0.05) is 23.7 Å². The average Bonchev–Trinajstić information content (AvgIpc) is 3.06. The van der Waals surface area contributed by atoms with Crippen molar-refractivity contribution in [3.63, 3.8) is 0 Å². The van der Waals surface area contributed by atoms with E-state index in [0.717, 1.165) is 5.56 Å². The van der Waals surface area contributed by atoms with Crippen molar-refractivity contribution < 1.29 is 14.3 Å². The fraction of sp³-hybridized carbons (Fsp3) is 0.0588. The van der Waals surface area contributed by atoms with Gasteiger partial charge in [-0.2, -0.15) is 0 Å². The number of benzene rings is 2. The van der Waals surface area contributed by atoms with Crippen molar-refractivity contribution in [3.05, 3.63) is 64.6 Å². The van der Waals surface area contributed by atoms with Crippen molar-refractivity contribution in [1.29, 1.82) is 0 Å². The molecular weight excluding hydrogens is 334 g/mol. The van der Waals surface area contributed by atoms with Gasteiger partial charge in [0.15, 0.2) is 5.69 Å². The van der Waals surface area contributed by atoms with Gasteiger partial charge in [-0.15, -0.1) is 11.3 Å². The molecule has 0 fully saturated rings. The third-order valence-corrected chi connectivity index (χ3v) is 4.18. The number of carbonyl (C=O) groups excluding carboxylic acids is 1. The summed E-state index contributed by atoms with van der Waals surface area (Å²) in [7, 11) is 1.58. The average molecular weight is 346 g/mol. The highest BCUT2D eigenvalue weighted by molar-refractivity contribution is 7.13. The zero-order chi connectivity index (χ0) is 16.2. The second-order valence-electron chi connectivity index (χ2n) is 4.61. The van der Waals surface area contributed by atoms with Gasteiger partial charge >= 0.3 is 5.97 Å². The molecule has 3 rings (SSSR count). The van der Waals surface area contributed by atoms with E-state index in [1.54, 1.807) is 48.9 Å². The number of methoxy groups -OCH3 is 1. The quantitative estimate of drug-likeness (QED) is 0.508. The van der Waals surface area contributed by atoms with Crippen molar-refractivity contribution >= 4 is 28.9 Å². The van der Waals surface area contributed by atoms with E-state index in [9.17, 15) is 4.79 Å². The van der Waals surface area contributed by atoms with Crippen LogP contribution in [0.1, 0.15) is 10.5 Å². The second-order valence-corrected chi connectivity index (χ2v) is 5.91. The molecule has 0 saturated carbocycles. The predicted octanol–water partition coefficient (Wildman–Crippen LogP) is 4.69. The van der Waals surface area contributed by atoms with Crippen LogP contribution in [0.4, 0.5) is 0 Å². The summed E-state index contributed by atoms with van der Waals surface area (Å²) in [6, 6.07) is 14.1. The van der Waals surface area contributed by atoms with E-state index < -0.39 is 5.97 Å². The minimum absolute atomic E-state index is 0.265. The van der Waals surface area contributed by atoms with Gasteiger partial charge in [-0.25, -0.2) is 9.78 Å². The molecule has 3 aromatic rings. The molecule has 0 unspecified atom stereocenters. The zero-order valence-electron chi connectivity index (χ0n) is 12.2. The lowest BCUT2D eigenvalue weighted by Crippen LogP contribution is -2.08. The molecule has 0 N–H and O–H groups in total. The number of hydrogen-bond acceptors (Lipinski definition) is 5. The molecule has 0 radical (unpaired) electrons. The van der Waals surface area contributed by atoms with Crippen LogP contribution in [0, 0.1) is 0 Å². The van der Waals surface area contributed by atoms with Crippen LogP contribution in [0.15, 0.2) is 53.9 Å². The molecule has 1 heterocycles. The van der Waals surface area contributed by atoms with Crippen LogP contribution in [0.5, 0.6) is 11.5 Å². The van der Waals surface area contributed by atoms with Crippen molar-refractivity contribution in [1.82, 2.24) is 4.98 Å². The molecular formula is C17H12ClNO3S. The number of rotatable bonds is 4. The highest BCUT2D eigenvalue weighted by atomic mass is 35.5. The largest absolute Gasteiger partial charge is 0.497 e. The molecule has 0 spiro atoms. The second kappa shape index (κ2) is 6.81. The Hall–Kier alpha value is -2.37. The molecule has 0 aliphatic rings. The van der Waals surface area contributed by atoms with E-state index >= 15 is 0 Å². The SMILES string of the molecule is COc1ccc(OC(=O)c2csc(-c3cccc(Cl)c3)n2)cc1. The third kappa shape index (κ3) is 3.70. The molecule has 116 valence electrons. The summed E-state index contributed by atoms with van der Waals surface area (Å²) in [5, 5.41) is 3.01. The Morgan fingerprint density at radius 3 is 2.57 bits per heavy atom. The van der Waals surface area contributed by atoms with Gasteiger partial charge in [0.2, 0.25) is 0 Å². The maximum absolute atomic E-state index is 12.1. The summed E-state index contributed by atoms with van der Waals surface area (Å²) < 4.78 is 10.4. The van der Waals surface area contributed by atoms with E-state index in [1.165, 1.54) is 11.3 Å². The number of aromatic nitrogens is 1. The molecule has 1 aromatic heterocycles. The topological polar surface area (TPSA) is 48.4 Å². The standard InChI is InChI=1S/C17H12ClNO3S/c1-21-13-5-7-14(8-6-13)22-17(20)15-10-23-16(19-15)11-3-2-4-12(18)9-11/h2-10H,1H3. The number of esters is 1. The van der Waals surface area contributed by atoms with Crippen LogP contribution in [0.25, 0.3) is 10.6 Å². The lowest BCUT2D eigenvalue weighted by Gasteiger charge is -2.03. The minimum Gasteiger partial charge on any atom is -0.497 e. The summed E-state index contributed by atoms with van der Waals surface area (Å²) in [6.45, 7) is 0. The first-order valence-corrected chi connectivity index (χ1v) is 7.99. The Kier molecular flexibility index (Phi) is 4.60. The Balaban J connectivity index is 1.75. The fourth-order valence-corrected chi connectivity index (χ4v) is 2.90. The molecule has 23 heavy (non-hydrogen) atoms. The van der Waals surface area contributed by atoms with Crippen molar-refractivity contribution in [2.75, 3.05) is 7.11 Å². The van der Waals surface area contributed by atoms with Crippen LogP contribution in [-0.4, -0.2) is 18.1 Å². The van der Waals surface area contributed by atoms with E-state index in [0.29, 0.717) is 21.5 Å². The van der Waals surface area contributed by atoms with Gasteiger partial charge < -0.3 is 9.47 Å². The molecule has 2 aromatic carbocycles. The fourth-order valence-electron chi connectivity index (χ4n) is 1.92. The number of carbonyl (C=O) groups is 1. The summed E-state index contributed by atoms with van der Waals surface area (Å²) in [6.07, 6.45) is 0. The molecule has 4 nitrogen and oxygen atoms in total. The molecule has 6 heteroatoms. The van der Waals surface area contributed by atoms with Gasteiger partial charge in [-0.05, 0) is 36.4 Å². The normalized spacial score (nSPS) is 10.3. The lowest BCUT2D eigenvalue weighted by atomic mass is 10.2. The van der Waals surface area contributed by atoms with Crippen LogP contribution in [0.3, 0.4) is 0 Å². The number of nitrogens with zero attached hydrogens (tertiary/aromatic N) is 1. The summed E-state index contributed by atoms with van der Waals surface area (Å²) >= 11 is 7.34. The summed E-state index contributed by atoms with van der Waals surface area (Å²) in [5.74, 6) is 0.634. The smallest absolute Gasteiger partial charge is 0.363 e. The lowest BCUT2D eigenvalue weighted by molar-refractivity contribution is 0.0729. The number of halogens is 1. The van der Waals surface area contributed by atoms with Gasteiger partial charge in [0.1, 0.15) is 16.5 Å². The molecule has 0 amide bonds. The van der Waals surface area contributed by atoms with E-state index in [2.05, 4.69) is 4.98 Å². The van der Waals surface area contributed by atoms with Crippen LogP contribution >= 0.6 is 22.9 Å². The first-order chi connectivity index (χ1) is 11.2. The third-order valence-electron chi connectivity index (χ3n) is 3.05. The summed E-state index contributed by atoms with van der Waals surface area (Å²) in [4.78, 5) is 16.5. The first kappa shape index (κ1) is 15.5.